The standard InChI is InChI=1S/C30H28F2N2O7/c1-38-20-6-7-21-22(16-26(39-24(21)15-20)27(36)33-12-9-17-3-2-4-19(35)13-17)34-28(37)29(10-11-29)18-5-8-23-25(14-18)41-30(31,32)40-23/h2-8,13-15,22,26,35H,9-12,16H2,1H3,(H,33,36)(H,34,37)/t22-,26-/m1/s1. The molecule has 0 bridgehead atoms. The Hall–Kier alpha value is -4.54. The third-order valence-electron chi connectivity index (χ3n) is 7.67. The Bertz CT molecular complexity index is 1510. The van der Waals surface area contributed by atoms with Crippen molar-refractivity contribution in [1.29, 1.82) is 0 Å². The lowest BCUT2D eigenvalue weighted by atomic mass is 9.91. The molecule has 1 fully saturated rings. The summed E-state index contributed by atoms with van der Waals surface area (Å²) in [6, 6.07) is 15.9. The van der Waals surface area contributed by atoms with Crippen LogP contribution in [0.4, 0.5) is 8.78 Å². The summed E-state index contributed by atoms with van der Waals surface area (Å²) in [5.74, 6) is 0.299. The van der Waals surface area contributed by atoms with Crippen molar-refractivity contribution in [3.8, 4) is 28.7 Å². The molecular formula is C30H28F2N2O7. The van der Waals surface area contributed by atoms with Crippen molar-refractivity contribution in [2.45, 2.75) is 49.5 Å². The fourth-order valence-electron chi connectivity index (χ4n) is 5.34. The Labute approximate surface area is 234 Å². The van der Waals surface area contributed by atoms with E-state index in [2.05, 4.69) is 20.1 Å². The third kappa shape index (κ3) is 5.31. The van der Waals surface area contributed by atoms with Crippen LogP contribution in [0.15, 0.2) is 60.7 Å². The van der Waals surface area contributed by atoms with Gasteiger partial charge in [-0.25, -0.2) is 0 Å². The Morgan fingerprint density at radius 3 is 2.59 bits per heavy atom. The summed E-state index contributed by atoms with van der Waals surface area (Å²) < 4.78 is 47.5. The molecule has 0 unspecified atom stereocenters. The first kappa shape index (κ1) is 26.7. The number of hydrogen-bond donors (Lipinski definition) is 3. The number of phenolic OH excluding ortho intramolecular Hbond substituents is 1. The number of rotatable bonds is 8. The van der Waals surface area contributed by atoms with Crippen LogP contribution in [0.3, 0.4) is 0 Å². The van der Waals surface area contributed by atoms with Gasteiger partial charge in [-0.15, -0.1) is 8.78 Å². The first-order valence-electron chi connectivity index (χ1n) is 13.3. The summed E-state index contributed by atoms with van der Waals surface area (Å²) in [6.45, 7) is 0.330. The Balaban J connectivity index is 1.18. The van der Waals surface area contributed by atoms with Gasteiger partial charge in [0.2, 0.25) is 5.91 Å². The second-order valence-corrected chi connectivity index (χ2v) is 10.4. The van der Waals surface area contributed by atoms with Crippen LogP contribution in [-0.2, 0) is 21.4 Å². The number of hydrogen-bond acceptors (Lipinski definition) is 7. The number of benzene rings is 3. The van der Waals surface area contributed by atoms with Gasteiger partial charge in [0, 0.05) is 24.6 Å². The van der Waals surface area contributed by atoms with Gasteiger partial charge in [-0.2, -0.15) is 0 Å². The molecule has 3 aromatic rings. The van der Waals surface area contributed by atoms with Crippen LogP contribution in [0.1, 0.15) is 42.0 Å². The zero-order valence-corrected chi connectivity index (χ0v) is 22.1. The van der Waals surface area contributed by atoms with E-state index in [1.165, 1.54) is 19.2 Å². The number of alkyl halides is 2. The van der Waals surface area contributed by atoms with Gasteiger partial charge in [0.15, 0.2) is 17.6 Å². The molecule has 1 aliphatic carbocycles. The van der Waals surface area contributed by atoms with Crippen molar-refractivity contribution in [2.24, 2.45) is 0 Å². The van der Waals surface area contributed by atoms with E-state index in [0.29, 0.717) is 48.4 Å². The molecule has 2 atom stereocenters. The maximum absolute atomic E-state index is 13.7. The van der Waals surface area contributed by atoms with E-state index in [1.807, 2.05) is 6.07 Å². The molecule has 6 rings (SSSR count). The molecule has 2 aliphatic heterocycles. The second kappa shape index (κ2) is 10.1. The SMILES string of the molecule is COc1ccc2c(c1)O[C@@H](C(=O)NCCc1cccc(O)c1)C[C@H]2NC(=O)C1(c2ccc3c(c2)OC(F)(F)O3)CC1. The lowest BCUT2D eigenvalue weighted by Crippen LogP contribution is -2.46. The number of amides is 2. The number of methoxy groups -OCH3 is 1. The van der Waals surface area contributed by atoms with Crippen LogP contribution >= 0.6 is 0 Å². The van der Waals surface area contributed by atoms with Crippen LogP contribution in [0.5, 0.6) is 28.7 Å². The third-order valence-corrected chi connectivity index (χ3v) is 7.67. The van der Waals surface area contributed by atoms with Crippen LogP contribution < -0.4 is 29.6 Å². The first-order chi connectivity index (χ1) is 19.7. The average Bonchev–Trinajstić information content (AvgIpc) is 3.69. The number of phenols is 1. The lowest BCUT2D eigenvalue weighted by Gasteiger charge is -2.33. The maximum atomic E-state index is 13.7. The molecule has 11 heteroatoms. The number of carbonyl (C=O) groups excluding carboxylic acids is 2. The van der Waals surface area contributed by atoms with Gasteiger partial charge in [-0.1, -0.05) is 18.2 Å². The minimum Gasteiger partial charge on any atom is -0.508 e. The summed E-state index contributed by atoms with van der Waals surface area (Å²) in [7, 11) is 1.52. The summed E-state index contributed by atoms with van der Waals surface area (Å²) >= 11 is 0. The van der Waals surface area contributed by atoms with Gasteiger partial charge in [-0.3, -0.25) is 9.59 Å². The predicted octanol–water partition coefficient (Wildman–Crippen LogP) is 4.12. The average molecular weight is 567 g/mol. The quantitative estimate of drug-likeness (QED) is 0.376. The Morgan fingerprint density at radius 1 is 1.02 bits per heavy atom. The number of aromatic hydroxyl groups is 1. The molecule has 9 nitrogen and oxygen atoms in total. The summed E-state index contributed by atoms with van der Waals surface area (Å²) in [6.07, 6.45) is -2.86. The number of halogens is 2. The maximum Gasteiger partial charge on any atom is 0.586 e. The Kier molecular flexibility index (Phi) is 6.59. The fourth-order valence-corrected chi connectivity index (χ4v) is 5.34. The minimum atomic E-state index is -3.74. The molecule has 2 heterocycles. The van der Waals surface area contributed by atoms with Crippen molar-refractivity contribution in [3.63, 3.8) is 0 Å². The smallest absolute Gasteiger partial charge is 0.508 e. The zero-order valence-electron chi connectivity index (χ0n) is 22.1. The van der Waals surface area contributed by atoms with E-state index in [-0.39, 0.29) is 35.5 Å². The van der Waals surface area contributed by atoms with Gasteiger partial charge < -0.3 is 34.7 Å². The number of fused-ring (bicyclic) bond motifs is 2. The summed E-state index contributed by atoms with van der Waals surface area (Å²) in [4.78, 5) is 26.8. The van der Waals surface area contributed by atoms with E-state index in [9.17, 15) is 23.5 Å². The molecule has 0 saturated heterocycles. The van der Waals surface area contributed by atoms with Crippen molar-refractivity contribution in [2.75, 3.05) is 13.7 Å². The van der Waals surface area contributed by atoms with Gasteiger partial charge in [0.05, 0.1) is 18.6 Å². The van der Waals surface area contributed by atoms with E-state index in [0.717, 1.165) is 5.56 Å². The number of ether oxygens (including phenoxy) is 4. The molecule has 2 amide bonds. The van der Waals surface area contributed by atoms with E-state index >= 15 is 0 Å². The second-order valence-electron chi connectivity index (χ2n) is 10.4. The van der Waals surface area contributed by atoms with Gasteiger partial charge in [0.1, 0.15) is 17.2 Å². The van der Waals surface area contributed by atoms with Gasteiger partial charge in [0.25, 0.3) is 5.91 Å². The highest BCUT2D eigenvalue weighted by atomic mass is 19.3. The number of carbonyl (C=O) groups is 2. The highest BCUT2D eigenvalue weighted by Gasteiger charge is 2.53. The first-order valence-corrected chi connectivity index (χ1v) is 13.3. The summed E-state index contributed by atoms with van der Waals surface area (Å²) in [5, 5.41) is 15.6. The summed E-state index contributed by atoms with van der Waals surface area (Å²) in [5.41, 5.74) is 1.22. The fraction of sp³-hybridized carbons (Fsp3) is 0.333. The molecule has 41 heavy (non-hydrogen) atoms. The molecule has 1 saturated carbocycles. The normalized spacial score (nSPS) is 20.8. The van der Waals surface area contributed by atoms with Crippen molar-refractivity contribution >= 4 is 11.8 Å². The zero-order chi connectivity index (χ0) is 28.8. The topological polar surface area (TPSA) is 115 Å². The van der Waals surface area contributed by atoms with Gasteiger partial charge in [-0.05, 0) is 66.8 Å². The monoisotopic (exact) mass is 566 g/mol. The highest BCUT2D eigenvalue weighted by molar-refractivity contribution is 5.92. The molecule has 0 spiro atoms. The lowest BCUT2D eigenvalue weighted by molar-refractivity contribution is -0.286. The molecule has 3 N–H and O–H groups in total. The van der Waals surface area contributed by atoms with Crippen molar-refractivity contribution < 1.29 is 42.4 Å². The van der Waals surface area contributed by atoms with Gasteiger partial charge >= 0.3 is 6.29 Å². The Morgan fingerprint density at radius 2 is 1.83 bits per heavy atom. The van der Waals surface area contributed by atoms with Crippen LogP contribution in [0.2, 0.25) is 0 Å². The van der Waals surface area contributed by atoms with Crippen LogP contribution in [0.25, 0.3) is 0 Å². The molecule has 0 radical (unpaired) electrons. The van der Waals surface area contributed by atoms with E-state index < -0.39 is 23.9 Å². The molecule has 0 aromatic heterocycles. The van der Waals surface area contributed by atoms with Crippen molar-refractivity contribution in [1.82, 2.24) is 10.6 Å². The predicted molar refractivity (Wildman–Crippen MR) is 141 cm³/mol. The van der Waals surface area contributed by atoms with E-state index in [4.69, 9.17) is 9.47 Å². The molecule has 3 aliphatic rings. The molecular weight excluding hydrogens is 538 g/mol. The van der Waals surface area contributed by atoms with E-state index in [1.54, 1.807) is 42.5 Å². The van der Waals surface area contributed by atoms with Crippen LogP contribution in [0, 0.1) is 0 Å². The highest BCUT2D eigenvalue weighted by Crippen LogP contribution is 2.52. The molecule has 214 valence electrons. The van der Waals surface area contributed by atoms with Crippen LogP contribution in [-0.4, -0.2) is 43.0 Å². The molecule has 3 aromatic carbocycles. The number of nitrogens with one attached hydrogen (secondary N) is 2. The largest absolute Gasteiger partial charge is 0.586 e. The minimum absolute atomic E-state index is 0.0832. The van der Waals surface area contributed by atoms with Crippen molar-refractivity contribution in [3.05, 3.63) is 77.4 Å².